The van der Waals surface area contributed by atoms with Crippen LogP contribution in [0.3, 0.4) is 0 Å². The van der Waals surface area contributed by atoms with Crippen molar-refractivity contribution >= 4 is 0 Å². The highest BCUT2D eigenvalue weighted by Crippen LogP contribution is 2.12. The Morgan fingerprint density at radius 1 is 1.50 bits per heavy atom. The minimum absolute atomic E-state index is 0.328. The highest BCUT2D eigenvalue weighted by atomic mass is 15.2. The molecule has 2 unspecified atom stereocenters. The van der Waals surface area contributed by atoms with E-state index in [4.69, 9.17) is 6.42 Å². The molecule has 1 N–H and O–H groups in total. The first-order valence-corrected chi connectivity index (χ1v) is 6.75. The Hall–Kier alpha value is -0.520. The Morgan fingerprint density at radius 3 is 2.81 bits per heavy atom. The van der Waals surface area contributed by atoms with Gasteiger partial charge >= 0.3 is 0 Å². The molecule has 0 bridgehead atoms. The van der Waals surface area contributed by atoms with Gasteiger partial charge in [-0.2, -0.15) is 0 Å². The van der Waals surface area contributed by atoms with E-state index in [1.54, 1.807) is 0 Å². The Bertz CT molecular complexity index is 213. The molecule has 1 heterocycles. The van der Waals surface area contributed by atoms with Gasteiger partial charge in [-0.25, -0.2) is 0 Å². The molecule has 0 radical (unpaired) electrons. The number of hydrogen-bond acceptors (Lipinski definition) is 2. The lowest BCUT2D eigenvalue weighted by molar-refractivity contribution is 0.208. The van der Waals surface area contributed by atoms with Crippen LogP contribution in [0, 0.1) is 12.3 Å². The number of nitrogens with one attached hydrogen (secondary N) is 1. The first kappa shape index (κ1) is 13.5. The summed E-state index contributed by atoms with van der Waals surface area (Å²) >= 11 is 0. The van der Waals surface area contributed by atoms with Crippen molar-refractivity contribution in [1.82, 2.24) is 10.2 Å². The topological polar surface area (TPSA) is 15.3 Å². The van der Waals surface area contributed by atoms with Gasteiger partial charge < -0.3 is 5.32 Å². The van der Waals surface area contributed by atoms with Crippen LogP contribution in [0.2, 0.25) is 0 Å². The van der Waals surface area contributed by atoms with E-state index in [1.165, 1.54) is 32.2 Å². The third kappa shape index (κ3) is 4.15. The van der Waals surface area contributed by atoms with E-state index in [0.717, 1.165) is 19.5 Å². The van der Waals surface area contributed by atoms with Crippen LogP contribution in [0.4, 0.5) is 0 Å². The van der Waals surface area contributed by atoms with Gasteiger partial charge in [0.2, 0.25) is 0 Å². The Kier molecular flexibility index (Phi) is 6.52. The molecule has 1 aliphatic rings. The van der Waals surface area contributed by atoms with Crippen molar-refractivity contribution in [2.24, 2.45) is 0 Å². The predicted molar refractivity (Wildman–Crippen MR) is 70.4 cm³/mol. The van der Waals surface area contributed by atoms with Crippen LogP contribution in [0.5, 0.6) is 0 Å². The van der Waals surface area contributed by atoms with Gasteiger partial charge in [0.1, 0.15) is 0 Å². The number of nitrogens with zero attached hydrogens (tertiary/aromatic N) is 1. The molecule has 16 heavy (non-hydrogen) atoms. The highest BCUT2D eigenvalue weighted by molar-refractivity contribution is 5.00. The molecule has 1 saturated heterocycles. The van der Waals surface area contributed by atoms with Crippen molar-refractivity contribution < 1.29 is 0 Å². The van der Waals surface area contributed by atoms with Crippen molar-refractivity contribution in [1.29, 1.82) is 0 Å². The first-order chi connectivity index (χ1) is 7.81. The lowest BCUT2D eigenvalue weighted by Gasteiger charge is -2.30. The average molecular weight is 222 g/mol. The summed E-state index contributed by atoms with van der Waals surface area (Å²) in [6.45, 7) is 7.88. The van der Waals surface area contributed by atoms with Crippen LogP contribution in [-0.2, 0) is 0 Å². The van der Waals surface area contributed by atoms with Gasteiger partial charge in [-0.3, -0.25) is 4.90 Å². The lowest BCUT2D eigenvalue weighted by Crippen LogP contribution is -2.43. The summed E-state index contributed by atoms with van der Waals surface area (Å²) in [5.41, 5.74) is 0. The smallest absolute Gasteiger partial charge is 0.0709 e. The lowest BCUT2D eigenvalue weighted by atomic mass is 10.1. The first-order valence-electron chi connectivity index (χ1n) is 6.75. The maximum absolute atomic E-state index is 5.62. The predicted octanol–water partition coefficient (Wildman–Crippen LogP) is 2.25. The molecular weight excluding hydrogens is 196 g/mol. The molecular formula is C14H26N2. The standard InChI is InChI=1S/C14H26N2/c1-4-7-11-16(14(5-2)6-3)12-13-9-8-10-15-13/h2,13-15H,4,6-12H2,1,3H3. The minimum Gasteiger partial charge on any atom is -0.313 e. The zero-order chi connectivity index (χ0) is 11.8. The fourth-order valence-electron chi connectivity index (χ4n) is 2.41. The third-order valence-corrected chi connectivity index (χ3v) is 3.44. The number of rotatable bonds is 7. The zero-order valence-electron chi connectivity index (χ0n) is 10.8. The molecule has 0 spiro atoms. The molecule has 0 saturated carbocycles. The van der Waals surface area contributed by atoms with Gasteiger partial charge in [0.25, 0.3) is 0 Å². The molecule has 1 aliphatic heterocycles. The number of unbranched alkanes of at least 4 members (excludes halogenated alkanes) is 1. The monoisotopic (exact) mass is 222 g/mol. The quantitative estimate of drug-likeness (QED) is 0.665. The van der Waals surface area contributed by atoms with Crippen LogP contribution in [0.15, 0.2) is 0 Å². The molecule has 2 atom stereocenters. The normalized spacial score (nSPS) is 22.2. The summed E-state index contributed by atoms with van der Waals surface area (Å²) in [5.74, 6) is 2.93. The van der Waals surface area contributed by atoms with Gasteiger partial charge in [-0.05, 0) is 38.8 Å². The molecule has 92 valence electrons. The van der Waals surface area contributed by atoms with Crippen LogP contribution < -0.4 is 5.32 Å². The second kappa shape index (κ2) is 7.70. The molecule has 1 fully saturated rings. The zero-order valence-corrected chi connectivity index (χ0v) is 10.8. The maximum atomic E-state index is 5.62. The molecule has 1 rings (SSSR count). The van der Waals surface area contributed by atoms with Gasteiger partial charge in [0.15, 0.2) is 0 Å². The fourth-order valence-corrected chi connectivity index (χ4v) is 2.41. The van der Waals surface area contributed by atoms with Gasteiger partial charge in [0.05, 0.1) is 6.04 Å². The second-order valence-electron chi connectivity index (χ2n) is 4.73. The van der Waals surface area contributed by atoms with Gasteiger partial charge in [-0.1, -0.05) is 26.2 Å². The van der Waals surface area contributed by atoms with E-state index < -0.39 is 0 Å². The van der Waals surface area contributed by atoms with E-state index in [2.05, 4.69) is 30.0 Å². The maximum Gasteiger partial charge on any atom is 0.0709 e. The second-order valence-corrected chi connectivity index (χ2v) is 4.73. The van der Waals surface area contributed by atoms with Crippen molar-refractivity contribution in [2.45, 2.75) is 58.0 Å². The summed E-state index contributed by atoms with van der Waals surface area (Å²) in [4.78, 5) is 2.49. The summed E-state index contributed by atoms with van der Waals surface area (Å²) in [7, 11) is 0. The van der Waals surface area contributed by atoms with Crippen molar-refractivity contribution in [3.05, 3.63) is 0 Å². The van der Waals surface area contributed by atoms with Gasteiger partial charge in [-0.15, -0.1) is 6.42 Å². The van der Waals surface area contributed by atoms with Crippen LogP contribution in [-0.4, -0.2) is 36.6 Å². The summed E-state index contributed by atoms with van der Waals surface area (Å²) in [6.07, 6.45) is 11.8. The number of hydrogen-bond donors (Lipinski definition) is 1. The van der Waals surface area contributed by atoms with Crippen LogP contribution in [0.1, 0.15) is 46.0 Å². The summed E-state index contributed by atoms with van der Waals surface area (Å²) in [6, 6.07) is 0.994. The molecule has 0 aromatic carbocycles. The Balaban J connectivity index is 2.44. The fraction of sp³-hybridized carbons (Fsp3) is 0.857. The summed E-state index contributed by atoms with van der Waals surface area (Å²) < 4.78 is 0. The molecule has 0 aromatic heterocycles. The van der Waals surface area contributed by atoms with Crippen molar-refractivity contribution in [2.75, 3.05) is 19.6 Å². The number of terminal acetylenes is 1. The van der Waals surface area contributed by atoms with Crippen molar-refractivity contribution in [3.8, 4) is 12.3 Å². The molecule has 0 aliphatic carbocycles. The largest absolute Gasteiger partial charge is 0.313 e. The van der Waals surface area contributed by atoms with E-state index in [9.17, 15) is 0 Å². The Labute approximate surface area is 101 Å². The van der Waals surface area contributed by atoms with Gasteiger partial charge in [0, 0.05) is 12.6 Å². The molecule has 2 heteroatoms. The van der Waals surface area contributed by atoms with Crippen LogP contribution in [0.25, 0.3) is 0 Å². The molecule has 0 aromatic rings. The minimum atomic E-state index is 0.328. The van der Waals surface area contributed by atoms with E-state index in [1.807, 2.05) is 0 Å². The molecule has 0 amide bonds. The van der Waals surface area contributed by atoms with E-state index >= 15 is 0 Å². The van der Waals surface area contributed by atoms with E-state index in [-0.39, 0.29) is 0 Å². The highest BCUT2D eigenvalue weighted by Gasteiger charge is 2.21. The van der Waals surface area contributed by atoms with Crippen molar-refractivity contribution in [3.63, 3.8) is 0 Å². The van der Waals surface area contributed by atoms with E-state index in [0.29, 0.717) is 12.1 Å². The summed E-state index contributed by atoms with van der Waals surface area (Å²) in [5, 5.41) is 3.56. The third-order valence-electron chi connectivity index (χ3n) is 3.44. The SMILES string of the molecule is C#CC(CC)N(CCCC)CC1CCCN1. The average Bonchev–Trinajstić information content (AvgIpc) is 2.80. The molecule has 2 nitrogen and oxygen atoms in total. The Morgan fingerprint density at radius 2 is 2.31 bits per heavy atom. The van der Waals surface area contributed by atoms with Crippen LogP contribution >= 0.6 is 0 Å².